The number of nitrogens with one attached hydrogen (secondary N) is 2. The zero-order valence-corrected chi connectivity index (χ0v) is 17.5. The average molecular weight is 423 g/mol. The molecule has 4 rings (SSSR count). The fourth-order valence-electron chi connectivity index (χ4n) is 3.27. The third-order valence-corrected chi connectivity index (χ3v) is 5.42. The van der Waals surface area contributed by atoms with Crippen molar-refractivity contribution >= 4 is 23.3 Å². The molecule has 0 saturated heterocycles. The van der Waals surface area contributed by atoms with Crippen LogP contribution in [0, 0.1) is 0 Å². The first kappa shape index (κ1) is 20.0. The number of carbonyl (C=O) groups excluding carboxylic acids is 1. The van der Waals surface area contributed by atoms with Crippen molar-refractivity contribution in [3.63, 3.8) is 0 Å². The first-order valence-electron chi connectivity index (χ1n) is 9.49. The number of fused-ring (bicyclic) bond motifs is 1. The molecule has 0 aliphatic heterocycles. The van der Waals surface area contributed by atoms with Crippen molar-refractivity contribution in [2.45, 2.75) is 12.5 Å². The molecular weight excluding hydrogens is 400 g/mol. The number of rotatable bonds is 8. The lowest BCUT2D eigenvalue weighted by molar-refractivity contribution is 0.0928. The van der Waals surface area contributed by atoms with Gasteiger partial charge in [0.2, 0.25) is 0 Å². The van der Waals surface area contributed by atoms with E-state index < -0.39 is 0 Å². The summed E-state index contributed by atoms with van der Waals surface area (Å²) in [7, 11) is 1.61. The molecule has 0 spiro atoms. The maximum absolute atomic E-state index is 13.0. The number of thioether (sulfide) groups is 1. The van der Waals surface area contributed by atoms with Crippen LogP contribution in [0.15, 0.2) is 54.7 Å². The molecule has 4 aromatic rings. The van der Waals surface area contributed by atoms with E-state index in [0.29, 0.717) is 23.0 Å². The minimum Gasteiger partial charge on any atom is -0.496 e. The van der Waals surface area contributed by atoms with Gasteiger partial charge in [-0.25, -0.2) is 0 Å². The molecule has 1 atom stereocenters. The molecule has 9 heteroatoms. The molecule has 154 valence electrons. The molecule has 0 aliphatic rings. The number of ether oxygens (including phenoxy) is 1. The van der Waals surface area contributed by atoms with Crippen molar-refractivity contribution in [1.29, 1.82) is 0 Å². The molecule has 30 heavy (non-hydrogen) atoms. The highest BCUT2D eigenvalue weighted by Crippen LogP contribution is 2.28. The largest absolute Gasteiger partial charge is 0.496 e. The number of aromatic nitrogens is 5. The summed E-state index contributed by atoms with van der Waals surface area (Å²) >= 11 is 1.72. The second-order valence-corrected chi connectivity index (χ2v) is 7.65. The van der Waals surface area contributed by atoms with Crippen LogP contribution in [0.25, 0.3) is 16.9 Å². The number of hydrogen-bond acceptors (Lipinski definition) is 6. The van der Waals surface area contributed by atoms with Crippen LogP contribution in [0.2, 0.25) is 0 Å². The van der Waals surface area contributed by atoms with Gasteiger partial charge in [-0.1, -0.05) is 18.2 Å². The van der Waals surface area contributed by atoms with Gasteiger partial charge >= 0.3 is 0 Å². The number of para-hydroxylation sites is 1. The van der Waals surface area contributed by atoms with Crippen molar-refractivity contribution in [3.8, 4) is 17.0 Å². The Labute approximate surface area is 178 Å². The van der Waals surface area contributed by atoms with E-state index in [1.54, 1.807) is 24.9 Å². The van der Waals surface area contributed by atoms with Crippen LogP contribution in [0.5, 0.6) is 5.75 Å². The van der Waals surface area contributed by atoms with Crippen LogP contribution >= 0.6 is 11.8 Å². The predicted molar refractivity (Wildman–Crippen MR) is 117 cm³/mol. The van der Waals surface area contributed by atoms with Gasteiger partial charge in [-0.05, 0) is 48.8 Å². The Hall–Kier alpha value is -3.33. The second-order valence-electron chi connectivity index (χ2n) is 6.66. The summed E-state index contributed by atoms with van der Waals surface area (Å²) in [5, 5.41) is 18.7. The van der Waals surface area contributed by atoms with Crippen LogP contribution in [-0.4, -0.2) is 49.8 Å². The summed E-state index contributed by atoms with van der Waals surface area (Å²) in [5.41, 5.74) is 2.58. The standard InChI is InChI=1S/C21H22N6O2S/c1-29-18-8-4-3-7-14(18)16-13-17(24-23-16)21(28)22-15(10-12-30-2)20-26-25-19-9-5-6-11-27(19)20/h3-9,11,13,15H,10,12H2,1-2H3,(H,22,28)(H,23,24)/t15-/m1/s1. The number of H-pyrrole nitrogens is 1. The molecule has 0 aliphatic carbocycles. The number of benzene rings is 1. The number of carbonyl (C=O) groups is 1. The topological polar surface area (TPSA) is 97.2 Å². The lowest BCUT2D eigenvalue weighted by atomic mass is 10.1. The predicted octanol–water partition coefficient (Wildman–Crippen LogP) is 3.35. The third-order valence-electron chi connectivity index (χ3n) is 4.77. The van der Waals surface area contributed by atoms with Gasteiger partial charge in [-0.3, -0.25) is 14.3 Å². The highest BCUT2D eigenvalue weighted by atomic mass is 32.2. The highest BCUT2D eigenvalue weighted by molar-refractivity contribution is 7.98. The number of methoxy groups -OCH3 is 1. The smallest absolute Gasteiger partial charge is 0.269 e. The van der Waals surface area contributed by atoms with E-state index in [0.717, 1.165) is 23.4 Å². The van der Waals surface area contributed by atoms with E-state index >= 15 is 0 Å². The number of aromatic amines is 1. The van der Waals surface area contributed by atoms with E-state index in [2.05, 4.69) is 25.7 Å². The first-order chi connectivity index (χ1) is 14.7. The Kier molecular flexibility index (Phi) is 5.99. The Bertz CT molecular complexity index is 1160. The maximum atomic E-state index is 13.0. The molecule has 0 radical (unpaired) electrons. The molecular formula is C21H22N6O2S. The minimum atomic E-state index is -0.277. The zero-order valence-electron chi connectivity index (χ0n) is 16.7. The molecule has 1 amide bonds. The molecule has 8 nitrogen and oxygen atoms in total. The SMILES string of the molecule is COc1ccccc1-c1cc(C(=O)N[C@H](CCSC)c2nnc3ccccn23)[nH]n1. The number of hydrogen-bond donors (Lipinski definition) is 2. The van der Waals surface area contributed by atoms with E-state index in [4.69, 9.17) is 4.74 Å². The van der Waals surface area contributed by atoms with Gasteiger partial charge in [-0.2, -0.15) is 16.9 Å². The van der Waals surface area contributed by atoms with Crippen molar-refractivity contribution < 1.29 is 9.53 Å². The normalized spacial score (nSPS) is 12.1. The first-order valence-corrected chi connectivity index (χ1v) is 10.9. The van der Waals surface area contributed by atoms with E-state index in [9.17, 15) is 4.79 Å². The zero-order chi connectivity index (χ0) is 20.9. The molecule has 0 saturated carbocycles. The highest BCUT2D eigenvalue weighted by Gasteiger charge is 2.22. The van der Waals surface area contributed by atoms with Gasteiger partial charge < -0.3 is 10.1 Å². The van der Waals surface area contributed by atoms with Crippen molar-refractivity contribution in [3.05, 3.63) is 66.2 Å². The quantitative estimate of drug-likeness (QED) is 0.452. The fourth-order valence-corrected chi connectivity index (χ4v) is 3.74. The number of pyridine rings is 1. The van der Waals surface area contributed by atoms with Crippen LogP contribution in [0.3, 0.4) is 0 Å². The molecule has 3 heterocycles. The van der Waals surface area contributed by atoms with Crippen molar-refractivity contribution in [2.75, 3.05) is 19.1 Å². The van der Waals surface area contributed by atoms with Gasteiger partial charge in [0, 0.05) is 11.8 Å². The Morgan fingerprint density at radius 2 is 2.07 bits per heavy atom. The van der Waals surface area contributed by atoms with E-state index in [1.807, 2.05) is 59.3 Å². The molecule has 3 aromatic heterocycles. The monoisotopic (exact) mass is 422 g/mol. The van der Waals surface area contributed by atoms with Crippen LogP contribution in [-0.2, 0) is 0 Å². The second kappa shape index (κ2) is 9.00. The Morgan fingerprint density at radius 1 is 1.23 bits per heavy atom. The third kappa shape index (κ3) is 4.02. The summed E-state index contributed by atoms with van der Waals surface area (Å²) in [6.07, 6.45) is 4.67. The lowest BCUT2D eigenvalue weighted by Crippen LogP contribution is -2.30. The fraction of sp³-hybridized carbons (Fsp3) is 0.238. The van der Waals surface area contributed by atoms with E-state index in [1.165, 1.54) is 0 Å². The van der Waals surface area contributed by atoms with Crippen LogP contribution < -0.4 is 10.1 Å². The summed E-state index contributed by atoms with van der Waals surface area (Å²) in [4.78, 5) is 13.0. The maximum Gasteiger partial charge on any atom is 0.269 e. The van der Waals surface area contributed by atoms with Gasteiger partial charge in [0.25, 0.3) is 5.91 Å². The van der Waals surface area contributed by atoms with E-state index in [-0.39, 0.29) is 11.9 Å². The van der Waals surface area contributed by atoms with Gasteiger partial charge in [0.05, 0.1) is 18.8 Å². The number of nitrogens with zero attached hydrogens (tertiary/aromatic N) is 4. The van der Waals surface area contributed by atoms with Crippen molar-refractivity contribution in [2.24, 2.45) is 0 Å². The van der Waals surface area contributed by atoms with Crippen molar-refractivity contribution in [1.82, 2.24) is 30.1 Å². The van der Waals surface area contributed by atoms with Crippen LogP contribution in [0.4, 0.5) is 0 Å². The molecule has 2 N–H and O–H groups in total. The molecule has 0 fully saturated rings. The van der Waals surface area contributed by atoms with Gasteiger partial charge in [0.15, 0.2) is 11.5 Å². The summed E-state index contributed by atoms with van der Waals surface area (Å²) in [5.74, 6) is 2.03. The van der Waals surface area contributed by atoms with Gasteiger partial charge in [-0.15, -0.1) is 10.2 Å². The van der Waals surface area contributed by atoms with Crippen LogP contribution in [0.1, 0.15) is 28.8 Å². The minimum absolute atomic E-state index is 0.248. The summed E-state index contributed by atoms with van der Waals surface area (Å²) < 4.78 is 7.29. The Balaban J connectivity index is 1.58. The summed E-state index contributed by atoms with van der Waals surface area (Å²) in [6, 6.07) is 14.7. The number of amides is 1. The summed E-state index contributed by atoms with van der Waals surface area (Å²) in [6.45, 7) is 0. The molecule has 0 bridgehead atoms. The molecule has 0 unspecified atom stereocenters. The van der Waals surface area contributed by atoms with Gasteiger partial charge in [0.1, 0.15) is 11.4 Å². The Morgan fingerprint density at radius 3 is 2.90 bits per heavy atom. The molecule has 1 aromatic carbocycles. The lowest BCUT2D eigenvalue weighted by Gasteiger charge is -2.16. The average Bonchev–Trinajstić information content (AvgIpc) is 3.44.